The van der Waals surface area contributed by atoms with Gasteiger partial charge in [0.05, 0.1) is 6.61 Å². The molecule has 0 aromatic heterocycles. The Hall–Kier alpha value is -1.28. The molecule has 2 aliphatic heterocycles. The van der Waals surface area contributed by atoms with E-state index in [4.69, 9.17) is 4.74 Å². The second-order valence-corrected chi connectivity index (χ2v) is 4.58. The van der Waals surface area contributed by atoms with Gasteiger partial charge in [-0.1, -0.05) is 30.4 Å². The highest BCUT2D eigenvalue weighted by atomic mass is 16.5. The third-order valence-electron chi connectivity index (χ3n) is 3.63. The fraction of sp³-hybridized carbons (Fsp3) is 0.429. The zero-order valence-electron chi connectivity index (χ0n) is 9.36. The molecular weight excluding hydrogens is 198 g/mol. The smallest absolute Gasteiger partial charge is 0.122 e. The van der Waals surface area contributed by atoms with Gasteiger partial charge in [-0.25, -0.2) is 0 Å². The maximum Gasteiger partial charge on any atom is 0.122 e. The SMILES string of the molecule is C1=C/C=C\C2=C(C=C1)OCCC1CNCC21. The van der Waals surface area contributed by atoms with Gasteiger partial charge in [-0.05, 0) is 30.5 Å². The van der Waals surface area contributed by atoms with Crippen LogP contribution in [0.2, 0.25) is 0 Å². The summed E-state index contributed by atoms with van der Waals surface area (Å²) in [6.07, 6.45) is 13.8. The standard InChI is InChI=1S/C14H17NO/c1-2-4-6-14-12(5-3-1)13-10-15-9-11(13)7-8-16-14/h1-6,11,13,15H,7-10H2/b2-1?,3-1?,4-2?,5-3-,6-4?,12-5?,14-6?. The number of fused-ring (bicyclic) bond motifs is 2. The topological polar surface area (TPSA) is 21.3 Å². The van der Waals surface area contributed by atoms with Crippen molar-refractivity contribution in [1.82, 2.24) is 5.32 Å². The molecule has 3 aliphatic rings. The van der Waals surface area contributed by atoms with Crippen molar-refractivity contribution in [3.8, 4) is 0 Å². The molecule has 1 aliphatic carbocycles. The first-order valence-corrected chi connectivity index (χ1v) is 6.04. The lowest BCUT2D eigenvalue weighted by molar-refractivity contribution is 0.212. The molecule has 0 spiro atoms. The molecule has 1 N–H and O–H groups in total. The van der Waals surface area contributed by atoms with Gasteiger partial charge < -0.3 is 10.1 Å². The average molecular weight is 215 g/mol. The van der Waals surface area contributed by atoms with Crippen LogP contribution in [0, 0.1) is 11.8 Å². The molecule has 0 aromatic carbocycles. The number of hydrogen-bond donors (Lipinski definition) is 1. The van der Waals surface area contributed by atoms with Gasteiger partial charge in [0.2, 0.25) is 0 Å². The summed E-state index contributed by atoms with van der Waals surface area (Å²) >= 11 is 0. The zero-order chi connectivity index (χ0) is 10.8. The summed E-state index contributed by atoms with van der Waals surface area (Å²) in [6, 6.07) is 0. The Labute approximate surface area is 96.4 Å². The van der Waals surface area contributed by atoms with E-state index in [2.05, 4.69) is 35.7 Å². The Kier molecular flexibility index (Phi) is 2.66. The van der Waals surface area contributed by atoms with E-state index in [-0.39, 0.29) is 0 Å². The maximum atomic E-state index is 5.86. The molecule has 16 heavy (non-hydrogen) atoms. The van der Waals surface area contributed by atoms with Crippen LogP contribution in [0.15, 0.2) is 47.8 Å². The van der Waals surface area contributed by atoms with Gasteiger partial charge in [0.25, 0.3) is 0 Å². The van der Waals surface area contributed by atoms with E-state index < -0.39 is 0 Å². The summed E-state index contributed by atoms with van der Waals surface area (Å²) in [5, 5.41) is 3.50. The summed E-state index contributed by atoms with van der Waals surface area (Å²) < 4.78 is 5.86. The van der Waals surface area contributed by atoms with E-state index in [1.807, 2.05) is 6.08 Å². The average Bonchev–Trinajstić information content (AvgIpc) is 2.64. The van der Waals surface area contributed by atoms with Gasteiger partial charge in [-0.2, -0.15) is 0 Å². The van der Waals surface area contributed by atoms with Crippen LogP contribution < -0.4 is 5.32 Å². The molecule has 0 bridgehead atoms. The molecule has 2 heterocycles. The van der Waals surface area contributed by atoms with Gasteiger partial charge in [0.1, 0.15) is 5.76 Å². The molecule has 1 fully saturated rings. The van der Waals surface area contributed by atoms with E-state index in [1.165, 1.54) is 12.0 Å². The molecule has 2 nitrogen and oxygen atoms in total. The number of hydrogen-bond acceptors (Lipinski definition) is 2. The first-order valence-electron chi connectivity index (χ1n) is 6.04. The van der Waals surface area contributed by atoms with Crippen molar-refractivity contribution in [2.45, 2.75) is 6.42 Å². The van der Waals surface area contributed by atoms with Crippen molar-refractivity contribution in [3.05, 3.63) is 47.8 Å². The van der Waals surface area contributed by atoms with Crippen molar-refractivity contribution in [3.63, 3.8) is 0 Å². The molecule has 0 amide bonds. The Morgan fingerprint density at radius 1 is 1.06 bits per heavy atom. The molecule has 0 aromatic rings. The predicted octanol–water partition coefficient (Wildman–Crippen LogP) is 2.18. The summed E-state index contributed by atoms with van der Waals surface area (Å²) in [5.74, 6) is 2.44. The lowest BCUT2D eigenvalue weighted by Crippen LogP contribution is -2.13. The van der Waals surface area contributed by atoms with Gasteiger partial charge in [0.15, 0.2) is 0 Å². The van der Waals surface area contributed by atoms with Crippen LogP contribution in [-0.4, -0.2) is 19.7 Å². The van der Waals surface area contributed by atoms with Crippen molar-refractivity contribution >= 4 is 0 Å². The van der Waals surface area contributed by atoms with E-state index in [0.717, 1.165) is 31.4 Å². The molecule has 2 heteroatoms. The first kappa shape index (κ1) is 9.91. The summed E-state index contributed by atoms with van der Waals surface area (Å²) in [5.41, 5.74) is 1.37. The Morgan fingerprint density at radius 2 is 1.94 bits per heavy atom. The number of ether oxygens (including phenoxy) is 1. The third kappa shape index (κ3) is 1.74. The molecule has 1 saturated heterocycles. The van der Waals surface area contributed by atoms with Crippen LogP contribution in [0.25, 0.3) is 0 Å². The predicted molar refractivity (Wildman–Crippen MR) is 64.9 cm³/mol. The number of rotatable bonds is 0. The zero-order valence-corrected chi connectivity index (χ0v) is 9.36. The van der Waals surface area contributed by atoms with Crippen molar-refractivity contribution < 1.29 is 4.74 Å². The fourth-order valence-electron chi connectivity index (χ4n) is 2.77. The van der Waals surface area contributed by atoms with E-state index in [9.17, 15) is 0 Å². The fourth-order valence-corrected chi connectivity index (χ4v) is 2.77. The Balaban J connectivity index is 2.00. The van der Waals surface area contributed by atoms with Crippen LogP contribution in [0.4, 0.5) is 0 Å². The number of allylic oxidation sites excluding steroid dienone is 6. The minimum absolute atomic E-state index is 0.630. The van der Waals surface area contributed by atoms with Gasteiger partial charge in [-0.15, -0.1) is 0 Å². The van der Waals surface area contributed by atoms with Gasteiger partial charge in [0, 0.05) is 12.5 Å². The van der Waals surface area contributed by atoms with Crippen molar-refractivity contribution in [2.75, 3.05) is 19.7 Å². The molecule has 84 valence electrons. The molecule has 0 radical (unpaired) electrons. The highest BCUT2D eigenvalue weighted by molar-refractivity contribution is 5.38. The Morgan fingerprint density at radius 3 is 2.88 bits per heavy atom. The molecule has 3 rings (SSSR count). The van der Waals surface area contributed by atoms with Crippen LogP contribution in [0.1, 0.15) is 6.42 Å². The monoisotopic (exact) mass is 215 g/mol. The van der Waals surface area contributed by atoms with Gasteiger partial charge in [-0.3, -0.25) is 0 Å². The normalized spacial score (nSPS) is 34.5. The van der Waals surface area contributed by atoms with Crippen LogP contribution >= 0.6 is 0 Å². The first-order chi connectivity index (χ1) is 7.95. The number of nitrogens with one attached hydrogen (secondary N) is 1. The third-order valence-corrected chi connectivity index (χ3v) is 3.63. The highest BCUT2D eigenvalue weighted by Gasteiger charge is 2.32. The molecule has 2 unspecified atom stereocenters. The summed E-state index contributed by atoms with van der Waals surface area (Å²) in [7, 11) is 0. The molecule has 0 saturated carbocycles. The van der Waals surface area contributed by atoms with Crippen molar-refractivity contribution in [1.29, 1.82) is 0 Å². The van der Waals surface area contributed by atoms with Crippen LogP contribution in [-0.2, 0) is 4.74 Å². The van der Waals surface area contributed by atoms with Crippen LogP contribution in [0.5, 0.6) is 0 Å². The van der Waals surface area contributed by atoms with Gasteiger partial charge >= 0.3 is 0 Å². The minimum Gasteiger partial charge on any atom is -0.493 e. The van der Waals surface area contributed by atoms with Crippen LogP contribution in [0.3, 0.4) is 0 Å². The second-order valence-electron chi connectivity index (χ2n) is 4.58. The second kappa shape index (κ2) is 4.30. The summed E-state index contributed by atoms with van der Waals surface area (Å²) in [6.45, 7) is 3.08. The van der Waals surface area contributed by atoms with E-state index in [1.54, 1.807) is 0 Å². The lowest BCUT2D eigenvalue weighted by atomic mass is 9.86. The molecule has 2 atom stereocenters. The largest absolute Gasteiger partial charge is 0.493 e. The van der Waals surface area contributed by atoms with E-state index >= 15 is 0 Å². The van der Waals surface area contributed by atoms with E-state index in [0.29, 0.717) is 5.92 Å². The molecular formula is C14H17NO. The quantitative estimate of drug-likeness (QED) is 0.668. The lowest BCUT2D eigenvalue weighted by Gasteiger charge is -2.16. The minimum atomic E-state index is 0.630. The Bertz CT molecular complexity index is 390. The van der Waals surface area contributed by atoms with Crippen molar-refractivity contribution in [2.24, 2.45) is 11.8 Å². The highest BCUT2D eigenvalue weighted by Crippen LogP contribution is 2.34. The summed E-state index contributed by atoms with van der Waals surface area (Å²) in [4.78, 5) is 0. The maximum absolute atomic E-state index is 5.86.